The number of carbonyl (C=O) groups excluding carboxylic acids is 1. The van der Waals surface area contributed by atoms with Crippen LogP contribution in [0.1, 0.15) is 76.0 Å². The van der Waals surface area contributed by atoms with E-state index in [4.69, 9.17) is 10.00 Å². The van der Waals surface area contributed by atoms with Crippen LogP contribution in [0.15, 0.2) is 36.4 Å². The molecular weight excluding hydrogens is 438 g/mol. The predicted molar refractivity (Wildman–Crippen MR) is 133 cm³/mol. The Morgan fingerprint density at radius 2 is 1.80 bits per heavy atom. The van der Waals surface area contributed by atoms with E-state index in [2.05, 4.69) is 27.3 Å². The minimum Gasteiger partial charge on any atom is -0.381 e. The third-order valence-electron chi connectivity index (χ3n) is 7.64. The monoisotopic (exact) mass is 469 g/mol. The molecule has 1 aliphatic heterocycles. The number of benzene rings is 2. The fraction of sp³-hybridized carbons (Fsp3) is 0.429. The second kappa shape index (κ2) is 9.63. The van der Waals surface area contributed by atoms with E-state index < -0.39 is 0 Å². The molecule has 1 saturated heterocycles. The van der Waals surface area contributed by atoms with Crippen LogP contribution in [0, 0.1) is 25.2 Å². The van der Waals surface area contributed by atoms with Crippen LogP contribution in [0.2, 0.25) is 0 Å². The highest BCUT2D eigenvalue weighted by Crippen LogP contribution is 2.43. The molecule has 5 rings (SSSR count). The van der Waals surface area contributed by atoms with Gasteiger partial charge in [-0.05, 0) is 86.3 Å². The standard InChI is InChI=1S/C28H31N5O2/c1-17-12-25(22-13-23(14-22)35-3)26(27-30-18(2)31-32-27)15-24(17)28(34)33-10-8-21(9-11-33)20-6-4-19(16-29)5-7-20/h4-7,12,15,21-23H,8-11,13-14H2,1-3H3,(H,30,31,32). The van der Waals surface area contributed by atoms with Gasteiger partial charge in [0.25, 0.3) is 5.91 Å². The van der Waals surface area contributed by atoms with E-state index in [9.17, 15) is 4.79 Å². The van der Waals surface area contributed by atoms with Crippen molar-refractivity contribution in [1.29, 1.82) is 5.26 Å². The normalized spacial score (nSPS) is 20.3. The van der Waals surface area contributed by atoms with Gasteiger partial charge in [0.15, 0.2) is 5.82 Å². The van der Waals surface area contributed by atoms with Gasteiger partial charge in [-0.25, -0.2) is 0 Å². The molecule has 0 atom stereocenters. The van der Waals surface area contributed by atoms with Gasteiger partial charge < -0.3 is 14.6 Å². The van der Waals surface area contributed by atoms with E-state index in [0.29, 0.717) is 29.3 Å². The summed E-state index contributed by atoms with van der Waals surface area (Å²) in [5.74, 6) is 2.36. The number of hydrogen-bond acceptors (Lipinski definition) is 5. The topological polar surface area (TPSA) is 94.9 Å². The molecule has 0 unspecified atom stereocenters. The van der Waals surface area contributed by atoms with Crippen molar-refractivity contribution < 1.29 is 9.53 Å². The van der Waals surface area contributed by atoms with Gasteiger partial charge in [-0.2, -0.15) is 5.26 Å². The highest BCUT2D eigenvalue weighted by Gasteiger charge is 2.34. The van der Waals surface area contributed by atoms with Crippen molar-refractivity contribution in [3.8, 4) is 17.5 Å². The lowest BCUT2D eigenvalue weighted by Gasteiger charge is -2.36. The van der Waals surface area contributed by atoms with Crippen molar-refractivity contribution in [3.63, 3.8) is 0 Å². The number of rotatable bonds is 5. The second-order valence-corrected chi connectivity index (χ2v) is 9.84. The molecule has 2 aliphatic rings. The molecule has 2 heterocycles. The van der Waals surface area contributed by atoms with Crippen molar-refractivity contribution in [3.05, 3.63) is 70.0 Å². The van der Waals surface area contributed by atoms with Crippen LogP contribution in [-0.2, 0) is 4.74 Å². The lowest BCUT2D eigenvalue weighted by Crippen LogP contribution is -2.38. The number of piperidine rings is 1. The number of methoxy groups -OCH3 is 1. The average molecular weight is 470 g/mol. The molecule has 1 saturated carbocycles. The molecule has 180 valence electrons. The number of likely N-dealkylation sites (tertiary alicyclic amines) is 1. The molecule has 1 amide bonds. The summed E-state index contributed by atoms with van der Waals surface area (Å²) in [6, 6.07) is 14.2. The van der Waals surface area contributed by atoms with Crippen molar-refractivity contribution in [2.45, 2.75) is 57.5 Å². The Bertz CT molecular complexity index is 1260. The molecule has 3 aromatic rings. The number of aromatic nitrogens is 3. The average Bonchev–Trinajstić information content (AvgIpc) is 3.29. The Kier molecular flexibility index (Phi) is 6.40. The SMILES string of the molecule is COC1CC(c2cc(C)c(C(=O)N3CCC(c4ccc(C#N)cc4)CC3)cc2-c2nnc(C)[nH]2)C1. The fourth-order valence-corrected chi connectivity index (χ4v) is 5.40. The van der Waals surface area contributed by atoms with Gasteiger partial charge in [0.05, 0.1) is 17.7 Å². The Labute approximate surface area is 206 Å². The molecule has 2 aromatic carbocycles. The van der Waals surface area contributed by atoms with Crippen LogP contribution >= 0.6 is 0 Å². The third-order valence-corrected chi connectivity index (χ3v) is 7.64. The quantitative estimate of drug-likeness (QED) is 0.575. The number of aryl methyl sites for hydroxylation is 2. The van der Waals surface area contributed by atoms with Gasteiger partial charge in [0, 0.05) is 31.3 Å². The number of hydrogen-bond donors (Lipinski definition) is 1. The Morgan fingerprint density at radius 1 is 1.09 bits per heavy atom. The first-order valence-electron chi connectivity index (χ1n) is 12.3. The minimum absolute atomic E-state index is 0.0770. The summed E-state index contributed by atoms with van der Waals surface area (Å²) in [4.78, 5) is 18.9. The van der Waals surface area contributed by atoms with Crippen LogP contribution in [0.3, 0.4) is 0 Å². The molecule has 1 aromatic heterocycles. The summed E-state index contributed by atoms with van der Waals surface area (Å²) >= 11 is 0. The van der Waals surface area contributed by atoms with Crippen LogP contribution in [0.5, 0.6) is 0 Å². The van der Waals surface area contributed by atoms with Crippen molar-refractivity contribution >= 4 is 5.91 Å². The van der Waals surface area contributed by atoms with Gasteiger partial charge in [0.1, 0.15) is 5.82 Å². The van der Waals surface area contributed by atoms with Crippen molar-refractivity contribution in [1.82, 2.24) is 20.1 Å². The van der Waals surface area contributed by atoms with Gasteiger partial charge in [0.2, 0.25) is 0 Å². The van der Waals surface area contributed by atoms with E-state index in [1.165, 1.54) is 11.1 Å². The van der Waals surface area contributed by atoms with Crippen LogP contribution in [0.25, 0.3) is 11.4 Å². The number of H-pyrrole nitrogens is 1. The van der Waals surface area contributed by atoms with Crippen molar-refractivity contribution in [2.75, 3.05) is 20.2 Å². The van der Waals surface area contributed by atoms with Gasteiger partial charge in [-0.1, -0.05) is 18.2 Å². The smallest absolute Gasteiger partial charge is 0.254 e. The van der Waals surface area contributed by atoms with Crippen LogP contribution < -0.4 is 0 Å². The zero-order chi connectivity index (χ0) is 24.5. The van der Waals surface area contributed by atoms with Gasteiger partial charge in [-0.15, -0.1) is 10.2 Å². The van der Waals surface area contributed by atoms with E-state index in [1.54, 1.807) is 7.11 Å². The first kappa shape index (κ1) is 23.3. The maximum atomic E-state index is 13.6. The number of nitrogens with zero attached hydrogens (tertiary/aromatic N) is 4. The first-order valence-corrected chi connectivity index (χ1v) is 12.3. The summed E-state index contributed by atoms with van der Waals surface area (Å²) in [6.07, 6.45) is 4.09. The summed E-state index contributed by atoms with van der Waals surface area (Å²) in [5, 5.41) is 17.5. The van der Waals surface area contributed by atoms with E-state index in [1.807, 2.05) is 49.1 Å². The number of nitriles is 1. The number of amides is 1. The van der Waals surface area contributed by atoms with E-state index in [-0.39, 0.29) is 5.91 Å². The molecule has 0 radical (unpaired) electrons. The number of carbonyl (C=O) groups is 1. The number of nitrogens with one attached hydrogen (secondary N) is 1. The molecular formula is C28H31N5O2. The fourth-order valence-electron chi connectivity index (χ4n) is 5.40. The molecule has 0 bridgehead atoms. The second-order valence-electron chi connectivity index (χ2n) is 9.84. The lowest BCUT2D eigenvalue weighted by molar-refractivity contribution is 0.0259. The molecule has 2 fully saturated rings. The molecule has 35 heavy (non-hydrogen) atoms. The maximum absolute atomic E-state index is 13.6. The van der Waals surface area contributed by atoms with Gasteiger partial charge >= 0.3 is 0 Å². The largest absolute Gasteiger partial charge is 0.381 e. The van der Waals surface area contributed by atoms with Gasteiger partial charge in [-0.3, -0.25) is 4.79 Å². The summed E-state index contributed by atoms with van der Waals surface area (Å²) < 4.78 is 5.50. The van der Waals surface area contributed by atoms with Crippen molar-refractivity contribution in [2.24, 2.45) is 0 Å². The highest BCUT2D eigenvalue weighted by molar-refractivity contribution is 5.97. The number of aromatic amines is 1. The number of ether oxygens (including phenoxy) is 1. The van der Waals surface area contributed by atoms with Crippen LogP contribution in [-0.4, -0.2) is 52.3 Å². The zero-order valence-electron chi connectivity index (χ0n) is 20.5. The molecule has 7 nitrogen and oxygen atoms in total. The Hall–Kier alpha value is -3.50. The minimum atomic E-state index is 0.0770. The Balaban J connectivity index is 1.36. The third kappa shape index (κ3) is 4.59. The molecule has 0 spiro atoms. The highest BCUT2D eigenvalue weighted by atomic mass is 16.5. The Morgan fingerprint density at radius 3 is 2.40 bits per heavy atom. The predicted octanol–water partition coefficient (Wildman–Crippen LogP) is 4.87. The lowest BCUT2D eigenvalue weighted by atomic mass is 9.75. The van der Waals surface area contributed by atoms with E-state index >= 15 is 0 Å². The summed E-state index contributed by atoms with van der Waals surface area (Å²) in [5.41, 5.74) is 5.83. The molecule has 7 heteroatoms. The maximum Gasteiger partial charge on any atom is 0.254 e. The van der Waals surface area contributed by atoms with Crippen LogP contribution in [0.4, 0.5) is 0 Å². The summed E-state index contributed by atoms with van der Waals surface area (Å²) in [7, 11) is 1.76. The first-order chi connectivity index (χ1) is 17.0. The molecule has 1 N–H and O–H groups in total. The zero-order valence-corrected chi connectivity index (χ0v) is 20.5. The van der Waals surface area contributed by atoms with E-state index in [0.717, 1.165) is 61.3 Å². The molecule has 1 aliphatic carbocycles. The summed E-state index contributed by atoms with van der Waals surface area (Å²) in [6.45, 7) is 5.36.